The molecule has 2 aromatic rings. The van der Waals surface area contributed by atoms with E-state index in [4.69, 9.17) is 0 Å². The largest absolute Gasteiger partial charge is 0.383 e. The van der Waals surface area contributed by atoms with Crippen molar-refractivity contribution in [3.63, 3.8) is 0 Å². The van der Waals surface area contributed by atoms with Crippen LogP contribution in [0.4, 0.5) is 17.1 Å². The molecule has 126 valence electrons. The lowest BCUT2D eigenvalue weighted by atomic mass is 10.1. The van der Waals surface area contributed by atoms with Crippen LogP contribution in [-0.2, 0) is 0 Å². The highest BCUT2D eigenvalue weighted by Crippen LogP contribution is 2.19. The molecule has 0 aliphatic heterocycles. The van der Waals surface area contributed by atoms with Crippen LogP contribution in [0.3, 0.4) is 0 Å². The van der Waals surface area contributed by atoms with Gasteiger partial charge in [-0.3, -0.25) is 0 Å². The highest BCUT2D eigenvalue weighted by Gasteiger charge is 2.04. The summed E-state index contributed by atoms with van der Waals surface area (Å²) in [5.41, 5.74) is 3.40. The molecule has 0 aliphatic rings. The Morgan fingerprint density at radius 2 is 1.26 bits per heavy atom. The van der Waals surface area contributed by atoms with Crippen molar-refractivity contribution >= 4 is 28.8 Å². The standard InChI is InChI=1S/C18H24N2.C2H6S/c1-14(2)13-15(3)19-17-9-11-18(12-10-17)20-16-7-5-4-6-8-16;1-3-2/h4-12,14-15,19-20H,13H2,1-3H3;1-2H3. The Morgan fingerprint density at radius 1 is 0.783 bits per heavy atom. The molecular formula is C20H30N2S. The molecule has 23 heavy (non-hydrogen) atoms. The van der Waals surface area contributed by atoms with E-state index in [2.05, 4.69) is 67.8 Å². The summed E-state index contributed by atoms with van der Waals surface area (Å²) in [6, 6.07) is 19.2. The van der Waals surface area contributed by atoms with Crippen LogP contribution in [-0.4, -0.2) is 18.6 Å². The third-order valence-electron chi connectivity index (χ3n) is 3.19. The van der Waals surface area contributed by atoms with Gasteiger partial charge in [0.25, 0.3) is 0 Å². The number of hydrogen-bond donors (Lipinski definition) is 2. The molecular weight excluding hydrogens is 300 g/mol. The lowest BCUT2D eigenvalue weighted by Gasteiger charge is -2.17. The van der Waals surface area contributed by atoms with E-state index in [0.29, 0.717) is 6.04 Å². The number of para-hydroxylation sites is 1. The molecule has 0 spiro atoms. The maximum atomic E-state index is 3.54. The van der Waals surface area contributed by atoms with Gasteiger partial charge in [0, 0.05) is 23.1 Å². The van der Waals surface area contributed by atoms with Crippen LogP contribution in [0, 0.1) is 5.92 Å². The van der Waals surface area contributed by atoms with Gasteiger partial charge in [0.2, 0.25) is 0 Å². The Bertz CT molecular complexity index is 523. The van der Waals surface area contributed by atoms with Crippen molar-refractivity contribution in [1.82, 2.24) is 0 Å². The summed E-state index contributed by atoms with van der Waals surface area (Å²) < 4.78 is 0. The summed E-state index contributed by atoms with van der Waals surface area (Å²) in [5, 5.41) is 6.93. The summed E-state index contributed by atoms with van der Waals surface area (Å²) in [4.78, 5) is 0. The monoisotopic (exact) mass is 330 g/mol. The van der Waals surface area contributed by atoms with Gasteiger partial charge in [-0.05, 0) is 68.2 Å². The van der Waals surface area contributed by atoms with Gasteiger partial charge in [0.1, 0.15) is 0 Å². The van der Waals surface area contributed by atoms with Gasteiger partial charge < -0.3 is 10.6 Å². The van der Waals surface area contributed by atoms with Gasteiger partial charge >= 0.3 is 0 Å². The van der Waals surface area contributed by atoms with Gasteiger partial charge in [-0.2, -0.15) is 11.8 Å². The number of anilines is 3. The fraction of sp³-hybridized carbons (Fsp3) is 0.400. The molecule has 0 saturated carbocycles. The molecule has 0 amide bonds. The molecule has 3 heteroatoms. The van der Waals surface area contributed by atoms with Gasteiger partial charge in [0.15, 0.2) is 0 Å². The quantitative estimate of drug-likeness (QED) is 0.654. The normalized spacial score (nSPS) is 11.4. The smallest absolute Gasteiger partial charge is 0.0385 e. The molecule has 0 saturated heterocycles. The molecule has 1 atom stereocenters. The SMILES string of the molecule is CC(C)CC(C)Nc1ccc(Nc2ccccc2)cc1.CSC. The molecule has 2 nitrogen and oxygen atoms in total. The lowest BCUT2D eigenvalue weighted by Crippen LogP contribution is -2.17. The zero-order valence-electron chi connectivity index (χ0n) is 15.0. The van der Waals surface area contributed by atoms with Crippen LogP contribution >= 0.6 is 11.8 Å². The maximum Gasteiger partial charge on any atom is 0.0385 e. The van der Waals surface area contributed by atoms with E-state index in [1.165, 1.54) is 12.1 Å². The minimum absolute atomic E-state index is 0.503. The number of thioether (sulfide) groups is 1. The first-order valence-electron chi connectivity index (χ1n) is 8.14. The topological polar surface area (TPSA) is 24.1 Å². The lowest BCUT2D eigenvalue weighted by molar-refractivity contribution is 0.540. The Hall–Kier alpha value is -1.61. The zero-order chi connectivity index (χ0) is 17.1. The third kappa shape index (κ3) is 8.56. The first-order chi connectivity index (χ1) is 11.0. The summed E-state index contributed by atoms with van der Waals surface area (Å²) in [7, 11) is 0. The minimum atomic E-state index is 0.503. The van der Waals surface area contributed by atoms with E-state index in [0.717, 1.165) is 17.3 Å². The van der Waals surface area contributed by atoms with Crippen molar-refractivity contribution in [2.45, 2.75) is 33.2 Å². The molecule has 2 aromatic carbocycles. The second-order valence-electron chi connectivity index (χ2n) is 6.15. The van der Waals surface area contributed by atoms with Crippen LogP contribution in [0.25, 0.3) is 0 Å². The van der Waals surface area contributed by atoms with Gasteiger partial charge in [-0.25, -0.2) is 0 Å². The first-order valence-corrected chi connectivity index (χ1v) is 9.77. The van der Waals surface area contributed by atoms with Crippen LogP contribution in [0.5, 0.6) is 0 Å². The highest BCUT2D eigenvalue weighted by molar-refractivity contribution is 7.97. The predicted molar refractivity (Wildman–Crippen MR) is 108 cm³/mol. The average molecular weight is 331 g/mol. The van der Waals surface area contributed by atoms with E-state index in [1.54, 1.807) is 11.8 Å². The molecule has 2 rings (SSSR count). The van der Waals surface area contributed by atoms with Crippen molar-refractivity contribution in [3.05, 3.63) is 54.6 Å². The van der Waals surface area contributed by atoms with Crippen molar-refractivity contribution in [3.8, 4) is 0 Å². The summed E-state index contributed by atoms with van der Waals surface area (Å²) >= 11 is 1.75. The van der Waals surface area contributed by atoms with Gasteiger partial charge in [0.05, 0.1) is 0 Å². The molecule has 0 radical (unpaired) electrons. The number of benzene rings is 2. The fourth-order valence-electron chi connectivity index (χ4n) is 2.39. The minimum Gasteiger partial charge on any atom is -0.383 e. The van der Waals surface area contributed by atoms with Crippen LogP contribution in [0.1, 0.15) is 27.2 Å². The molecule has 0 fully saturated rings. The van der Waals surface area contributed by atoms with Crippen molar-refractivity contribution < 1.29 is 0 Å². The maximum absolute atomic E-state index is 3.54. The third-order valence-corrected chi connectivity index (χ3v) is 3.19. The Balaban J connectivity index is 0.000000816. The summed E-state index contributed by atoms with van der Waals surface area (Å²) in [5.74, 6) is 0.719. The van der Waals surface area contributed by atoms with Gasteiger partial charge in [-0.15, -0.1) is 0 Å². The Morgan fingerprint density at radius 3 is 1.78 bits per heavy atom. The molecule has 0 aromatic heterocycles. The first kappa shape index (κ1) is 19.4. The van der Waals surface area contributed by atoms with Crippen molar-refractivity contribution in [2.75, 3.05) is 23.1 Å². The Kier molecular flexibility index (Phi) is 9.30. The molecule has 0 aliphatic carbocycles. The second-order valence-corrected chi connectivity index (χ2v) is 6.97. The Labute approximate surface area is 146 Å². The highest BCUT2D eigenvalue weighted by atomic mass is 32.2. The average Bonchev–Trinajstić information content (AvgIpc) is 2.50. The van der Waals surface area contributed by atoms with Crippen LogP contribution in [0.2, 0.25) is 0 Å². The van der Waals surface area contributed by atoms with Crippen molar-refractivity contribution in [1.29, 1.82) is 0 Å². The zero-order valence-corrected chi connectivity index (χ0v) is 15.8. The molecule has 0 heterocycles. The van der Waals surface area contributed by atoms with E-state index >= 15 is 0 Å². The number of nitrogens with one attached hydrogen (secondary N) is 2. The van der Waals surface area contributed by atoms with E-state index in [1.807, 2.05) is 30.7 Å². The fourth-order valence-corrected chi connectivity index (χ4v) is 2.39. The second kappa shape index (κ2) is 11.0. The van der Waals surface area contributed by atoms with Crippen LogP contribution < -0.4 is 10.6 Å². The van der Waals surface area contributed by atoms with E-state index in [-0.39, 0.29) is 0 Å². The summed E-state index contributed by atoms with van der Waals surface area (Å²) in [6.45, 7) is 6.74. The summed E-state index contributed by atoms with van der Waals surface area (Å²) in [6.07, 6.45) is 5.27. The van der Waals surface area contributed by atoms with E-state index < -0.39 is 0 Å². The van der Waals surface area contributed by atoms with Crippen LogP contribution in [0.15, 0.2) is 54.6 Å². The predicted octanol–water partition coefficient (Wildman–Crippen LogP) is 6.26. The number of rotatable bonds is 6. The molecule has 1 unspecified atom stereocenters. The van der Waals surface area contributed by atoms with Crippen molar-refractivity contribution in [2.24, 2.45) is 5.92 Å². The number of hydrogen-bond acceptors (Lipinski definition) is 3. The molecule has 2 N–H and O–H groups in total. The van der Waals surface area contributed by atoms with E-state index in [9.17, 15) is 0 Å². The molecule has 0 bridgehead atoms. The van der Waals surface area contributed by atoms with Gasteiger partial charge in [-0.1, -0.05) is 32.0 Å².